The molecule has 1 aliphatic rings. The van der Waals surface area contributed by atoms with Crippen molar-refractivity contribution in [3.63, 3.8) is 0 Å². The number of rotatable bonds is 5. The Morgan fingerprint density at radius 3 is 2.87 bits per heavy atom. The van der Waals surface area contributed by atoms with E-state index in [1.54, 1.807) is 6.92 Å². The Morgan fingerprint density at radius 1 is 1.53 bits per heavy atom. The third-order valence-corrected chi connectivity index (χ3v) is 2.21. The molecule has 0 spiro atoms. The van der Waals surface area contributed by atoms with Crippen LogP contribution in [0.4, 0.5) is 0 Å². The van der Waals surface area contributed by atoms with E-state index in [0.717, 1.165) is 19.3 Å². The summed E-state index contributed by atoms with van der Waals surface area (Å²) in [6, 6.07) is 0. The van der Waals surface area contributed by atoms with Crippen LogP contribution in [0.5, 0.6) is 0 Å². The number of ether oxygens (including phenoxy) is 3. The van der Waals surface area contributed by atoms with E-state index in [4.69, 9.17) is 14.2 Å². The average molecular weight is 214 g/mol. The van der Waals surface area contributed by atoms with Gasteiger partial charge in [0, 0.05) is 19.8 Å². The van der Waals surface area contributed by atoms with Crippen LogP contribution in [-0.2, 0) is 19.0 Å². The summed E-state index contributed by atoms with van der Waals surface area (Å²) < 4.78 is 15.7. The molecule has 1 unspecified atom stereocenters. The standard InChI is InChI=1S/C11H18O4/c1-4-6-7-11(3)13-8-10(15-11)14-9(12)5-2/h8H,4-7H2,1-3H3. The fourth-order valence-electron chi connectivity index (χ4n) is 1.27. The molecule has 0 amide bonds. The largest absolute Gasteiger partial charge is 0.453 e. The molecule has 0 aromatic rings. The van der Waals surface area contributed by atoms with Gasteiger partial charge in [-0.25, -0.2) is 0 Å². The van der Waals surface area contributed by atoms with Crippen molar-refractivity contribution in [1.29, 1.82) is 0 Å². The van der Waals surface area contributed by atoms with Gasteiger partial charge in [0.1, 0.15) is 0 Å². The van der Waals surface area contributed by atoms with Gasteiger partial charge in [0.2, 0.25) is 0 Å². The van der Waals surface area contributed by atoms with Gasteiger partial charge in [0.05, 0.1) is 0 Å². The molecule has 0 radical (unpaired) electrons. The molecule has 4 heteroatoms. The van der Waals surface area contributed by atoms with Crippen molar-refractivity contribution in [2.45, 2.75) is 52.2 Å². The summed E-state index contributed by atoms with van der Waals surface area (Å²) in [5.41, 5.74) is 0. The van der Waals surface area contributed by atoms with Crippen LogP contribution in [0.1, 0.15) is 46.5 Å². The highest BCUT2D eigenvalue weighted by atomic mass is 16.8. The van der Waals surface area contributed by atoms with Crippen molar-refractivity contribution in [3.8, 4) is 0 Å². The minimum Gasteiger partial charge on any atom is -0.453 e. The van der Waals surface area contributed by atoms with Gasteiger partial charge >= 0.3 is 11.9 Å². The molecule has 1 heterocycles. The maximum atomic E-state index is 11.0. The summed E-state index contributed by atoms with van der Waals surface area (Å²) in [6.07, 6.45) is 4.56. The van der Waals surface area contributed by atoms with Crippen LogP contribution in [0, 0.1) is 0 Å². The summed E-state index contributed by atoms with van der Waals surface area (Å²) >= 11 is 0. The first-order valence-electron chi connectivity index (χ1n) is 5.37. The summed E-state index contributed by atoms with van der Waals surface area (Å²) in [5.74, 6) is -0.815. The van der Waals surface area contributed by atoms with E-state index in [1.807, 2.05) is 6.92 Å². The van der Waals surface area contributed by atoms with Crippen LogP contribution in [-0.4, -0.2) is 11.8 Å². The quantitative estimate of drug-likeness (QED) is 0.660. The SMILES string of the molecule is CCCCC1(C)OC=C(OC(=O)CC)O1. The second-order valence-electron chi connectivity index (χ2n) is 3.72. The normalized spacial score (nSPS) is 24.1. The van der Waals surface area contributed by atoms with Gasteiger partial charge < -0.3 is 14.2 Å². The van der Waals surface area contributed by atoms with Crippen LogP contribution in [0.3, 0.4) is 0 Å². The highest BCUT2D eigenvalue weighted by Crippen LogP contribution is 2.30. The highest BCUT2D eigenvalue weighted by molar-refractivity contribution is 5.69. The number of carbonyl (C=O) groups excluding carboxylic acids is 1. The third-order valence-electron chi connectivity index (χ3n) is 2.21. The monoisotopic (exact) mass is 214 g/mol. The van der Waals surface area contributed by atoms with Gasteiger partial charge in [-0.2, -0.15) is 0 Å². The van der Waals surface area contributed by atoms with Crippen LogP contribution in [0.2, 0.25) is 0 Å². The molecule has 1 rings (SSSR count). The zero-order valence-corrected chi connectivity index (χ0v) is 9.54. The number of hydrogen-bond acceptors (Lipinski definition) is 4. The number of carbonyl (C=O) groups is 1. The smallest absolute Gasteiger partial charge is 0.326 e. The lowest BCUT2D eigenvalue weighted by molar-refractivity contribution is -0.171. The Hall–Kier alpha value is -1.19. The molecule has 0 bridgehead atoms. The van der Waals surface area contributed by atoms with E-state index in [9.17, 15) is 4.79 Å². The van der Waals surface area contributed by atoms with Gasteiger partial charge in [-0.05, 0) is 6.42 Å². The zero-order valence-electron chi connectivity index (χ0n) is 9.54. The average Bonchev–Trinajstić information content (AvgIpc) is 2.58. The first-order valence-corrected chi connectivity index (χ1v) is 5.37. The Labute approximate surface area is 90.2 Å². The molecule has 15 heavy (non-hydrogen) atoms. The molecule has 1 atom stereocenters. The minimum atomic E-state index is -0.667. The van der Waals surface area contributed by atoms with Crippen molar-refractivity contribution >= 4 is 5.97 Å². The topological polar surface area (TPSA) is 44.8 Å². The molecule has 0 aromatic heterocycles. The van der Waals surface area contributed by atoms with E-state index in [-0.39, 0.29) is 11.9 Å². The Bertz CT molecular complexity index is 259. The molecule has 0 aromatic carbocycles. The lowest BCUT2D eigenvalue weighted by Crippen LogP contribution is -2.26. The number of unbranched alkanes of at least 4 members (excludes halogenated alkanes) is 1. The molecule has 0 fully saturated rings. The van der Waals surface area contributed by atoms with E-state index in [0.29, 0.717) is 6.42 Å². The molecule has 0 N–H and O–H groups in total. The van der Waals surface area contributed by atoms with Crippen molar-refractivity contribution in [2.24, 2.45) is 0 Å². The second kappa shape index (κ2) is 5.05. The number of hydrogen-bond donors (Lipinski definition) is 0. The van der Waals surface area contributed by atoms with Crippen molar-refractivity contribution in [3.05, 3.63) is 12.2 Å². The Kier molecular flexibility index (Phi) is 4.00. The Balaban J connectivity index is 2.38. The van der Waals surface area contributed by atoms with E-state index >= 15 is 0 Å². The van der Waals surface area contributed by atoms with E-state index in [2.05, 4.69) is 6.92 Å². The van der Waals surface area contributed by atoms with Crippen LogP contribution in [0.15, 0.2) is 12.2 Å². The van der Waals surface area contributed by atoms with Crippen molar-refractivity contribution in [2.75, 3.05) is 0 Å². The maximum Gasteiger partial charge on any atom is 0.326 e. The first kappa shape index (κ1) is 11.9. The van der Waals surface area contributed by atoms with Crippen LogP contribution >= 0.6 is 0 Å². The van der Waals surface area contributed by atoms with Gasteiger partial charge in [0.15, 0.2) is 6.26 Å². The Morgan fingerprint density at radius 2 is 2.27 bits per heavy atom. The molecule has 1 aliphatic heterocycles. The molecule has 0 saturated heterocycles. The fraction of sp³-hybridized carbons (Fsp3) is 0.727. The van der Waals surface area contributed by atoms with Crippen LogP contribution in [0.25, 0.3) is 0 Å². The molecular formula is C11H18O4. The first-order chi connectivity index (χ1) is 7.09. The third kappa shape index (κ3) is 3.46. The van der Waals surface area contributed by atoms with Gasteiger partial charge in [-0.1, -0.05) is 20.3 Å². The van der Waals surface area contributed by atoms with Gasteiger partial charge in [0.25, 0.3) is 5.79 Å². The lowest BCUT2D eigenvalue weighted by Gasteiger charge is -2.22. The lowest BCUT2D eigenvalue weighted by atomic mass is 10.1. The summed E-state index contributed by atoms with van der Waals surface area (Å²) in [5, 5.41) is 0. The molecule has 4 nitrogen and oxygen atoms in total. The van der Waals surface area contributed by atoms with E-state index in [1.165, 1.54) is 6.26 Å². The van der Waals surface area contributed by atoms with Gasteiger partial charge in [-0.3, -0.25) is 4.79 Å². The summed E-state index contributed by atoms with van der Waals surface area (Å²) in [4.78, 5) is 11.0. The highest BCUT2D eigenvalue weighted by Gasteiger charge is 2.34. The fourth-order valence-corrected chi connectivity index (χ4v) is 1.27. The molecular weight excluding hydrogens is 196 g/mol. The molecule has 0 saturated carbocycles. The maximum absolute atomic E-state index is 11.0. The number of esters is 1. The predicted octanol–water partition coefficient (Wildman–Crippen LogP) is 2.69. The zero-order chi connectivity index (χ0) is 11.3. The summed E-state index contributed by atoms with van der Waals surface area (Å²) in [7, 11) is 0. The molecule has 86 valence electrons. The second-order valence-corrected chi connectivity index (χ2v) is 3.72. The van der Waals surface area contributed by atoms with Gasteiger partial charge in [-0.15, -0.1) is 0 Å². The predicted molar refractivity (Wildman–Crippen MR) is 54.6 cm³/mol. The minimum absolute atomic E-state index is 0.167. The molecule has 0 aliphatic carbocycles. The van der Waals surface area contributed by atoms with E-state index < -0.39 is 5.79 Å². The van der Waals surface area contributed by atoms with Crippen LogP contribution < -0.4 is 0 Å². The van der Waals surface area contributed by atoms with Crippen molar-refractivity contribution < 1.29 is 19.0 Å². The van der Waals surface area contributed by atoms with Crippen molar-refractivity contribution in [1.82, 2.24) is 0 Å². The summed E-state index contributed by atoms with van der Waals surface area (Å²) in [6.45, 7) is 5.67.